The van der Waals surface area contributed by atoms with Gasteiger partial charge in [0, 0.05) is 23.5 Å². The van der Waals surface area contributed by atoms with Gasteiger partial charge in [-0.3, -0.25) is 4.79 Å². The second kappa shape index (κ2) is 7.10. The van der Waals surface area contributed by atoms with E-state index in [4.69, 9.17) is 11.6 Å². The van der Waals surface area contributed by atoms with Gasteiger partial charge in [0.15, 0.2) is 0 Å². The van der Waals surface area contributed by atoms with Crippen LogP contribution < -0.4 is 0 Å². The molecule has 1 aliphatic heterocycles. The fourth-order valence-corrected chi connectivity index (χ4v) is 8.27. The van der Waals surface area contributed by atoms with E-state index in [1.54, 1.807) is 0 Å². The van der Waals surface area contributed by atoms with Crippen LogP contribution in [-0.4, -0.2) is 35.1 Å². The Labute approximate surface area is 185 Å². The molecule has 3 aliphatic carbocycles. The second-order valence-corrected chi connectivity index (χ2v) is 11.4. The average molecular weight is 428 g/mol. The van der Waals surface area contributed by atoms with Crippen LogP contribution in [0.5, 0.6) is 0 Å². The maximum atomic E-state index is 12.7. The second-order valence-electron chi connectivity index (χ2n) is 10.9. The van der Waals surface area contributed by atoms with E-state index in [1.165, 1.54) is 5.56 Å². The molecule has 1 heterocycles. The minimum atomic E-state index is -0.158. The number of nitrogens with zero attached hydrogens (tertiary/aromatic N) is 1. The summed E-state index contributed by atoms with van der Waals surface area (Å²) in [5, 5.41) is 11.6. The maximum absolute atomic E-state index is 12.7. The average Bonchev–Trinajstić information content (AvgIpc) is 3.02. The third-order valence-electron chi connectivity index (χ3n) is 9.61. The summed E-state index contributed by atoms with van der Waals surface area (Å²) in [6.45, 7) is 4.73. The van der Waals surface area contributed by atoms with Gasteiger partial charge in [0.2, 0.25) is 5.91 Å². The lowest BCUT2D eigenvalue weighted by Gasteiger charge is -2.62. The first-order valence-electron chi connectivity index (χ1n) is 11.6. The number of hydrogen-bond acceptors (Lipinski definition) is 2. The van der Waals surface area contributed by atoms with Gasteiger partial charge in [0.25, 0.3) is 0 Å². The molecule has 1 aromatic rings. The number of likely N-dealkylation sites (N-methyl/N-ethyl adjacent to an activating group) is 1. The largest absolute Gasteiger partial charge is 0.393 e. The van der Waals surface area contributed by atoms with Crippen molar-refractivity contribution in [3.63, 3.8) is 0 Å². The molecule has 162 valence electrons. The van der Waals surface area contributed by atoms with Gasteiger partial charge in [-0.1, -0.05) is 43.7 Å². The highest BCUT2D eigenvalue weighted by Gasteiger charge is 2.62. The predicted molar refractivity (Wildman–Crippen MR) is 120 cm³/mol. The Bertz CT molecular complexity index is 866. The van der Waals surface area contributed by atoms with Gasteiger partial charge in [-0.25, -0.2) is 0 Å². The number of rotatable bonds is 2. The van der Waals surface area contributed by atoms with Crippen molar-refractivity contribution in [2.75, 3.05) is 7.05 Å². The smallest absolute Gasteiger partial charge is 0.246 e. The highest BCUT2D eigenvalue weighted by Crippen LogP contribution is 2.65. The van der Waals surface area contributed by atoms with E-state index < -0.39 is 0 Å². The molecular weight excluding hydrogens is 394 g/mol. The normalized spacial score (nSPS) is 45.1. The third-order valence-corrected chi connectivity index (χ3v) is 9.86. The van der Waals surface area contributed by atoms with Crippen molar-refractivity contribution in [1.29, 1.82) is 0 Å². The molecule has 4 aliphatic rings. The zero-order valence-corrected chi connectivity index (χ0v) is 19.1. The molecule has 8 atom stereocenters. The van der Waals surface area contributed by atoms with Crippen LogP contribution in [0.25, 0.3) is 0 Å². The first-order chi connectivity index (χ1) is 14.2. The molecule has 5 rings (SSSR count). The molecule has 0 bridgehead atoms. The number of fused-ring (bicyclic) bond motifs is 5. The summed E-state index contributed by atoms with van der Waals surface area (Å²) in [6, 6.07) is 8.44. The molecular formula is C26H34ClNO2. The van der Waals surface area contributed by atoms with E-state index >= 15 is 0 Å². The number of aliphatic hydroxyl groups is 1. The molecule has 1 amide bonds. The molecule has 3 fully saturated rings. The van der Waals surface area contributed by atoms with Crippen molar-refractivity contribution >= 4 is 17.5 Å². The fraction of sp³-hybridized carbons (Fsp3) is 0.654. The number of amides is 1. The van der Waals surface area contributed by atoms with Gasteiger partial charge in [0.1, 0.15) is 0 Å². The zero-order valence-electron chi connectivity index (χ0n) is 18.4. The topological polar surface area (TPSA) is 40.5 Å². The van der Waals surface area contributed by atoms with Crippen LogP contribution >= 0.6 is 11.6 Å². The van der Waals surface area contributed by atoms with E-state index in [9.17, 15) is 9.90 Å². The summed E-state index contributed by atoms with van der Waals surface area (Å²) in [5.74, 6) is 2.34. The molecule has 0 radical (unpaired) electrons. The van der Waals surface area contributed by atoms with Gasteiger partial charge in [-0.05, 0) is 91.4 Å². The summed E-state index contributed by atoms with van der Waals surface area (Å²) in [4.78, 5) is 14.7. The van der Waals surface area contributed by atoms with Crippen LogP contribution in [0.1, 0.15) is 51.5 Å². The number of benzene rings is 1. The molecule has 30 heavy (non-hydrogen) atoms. The van der Waals surface area contributed by atoms with Crippen LogP contribution in [0, 0.1) is 34.5 Å². The van der Waals surface area contributed by atoms with E-state index in [2.05, 4.69) is 32.1 Å². The Hall–Kier alpha value is -1.32. The Morgan fingerprint density at radius 2 is 1.87 bits per heavy atom. The Morgan fingerprint density at radius 3 is 2.60 bits per heavy atom. The molecule has 1 N–H and O–H groups in total. The monoisotopic (exact) mass is 427 g/mol. The highest BCUT2D eigenvalue weighted by molar-refractivity contribution is 6.30. The first-order valence-corrected chi connectivity index (χ1v) is 12.0. The number of halogens is 1. The van der Waals surface area contributed by atoms with Crippen molar-refractivity contribution in [2.45, 2.75) is 64.5 Å². The molecule has 4 heteroatoms. The number of carbonyl (C=O) groups excluding carboxylic acids is 1. The minimum absolute atomic E-state index is 0.00244. The lowest BCUT2D eigenvalue weighted by atomic mass is 9.46. The summed E-state index contributed by atoms with van der Waals surface area (Å²) in [7, 11) is 2.00. The number of hydrogen-bond donors (Lipinski definition) is 1. The lowest BCUT2D eigenvalue weighted by molar-refractivity contribution is -0.148. The molecule has 0 spiro atoms. The van der Waals surface area contributed by atoms with E-state index in [1.807, 2.05) is 30.2 Å². The molecule has 1 aromatic carbocycles. The summed E-state index contributed by atoms with van der Waals surface area (Å²) in [6.07, 6.45) is 10.4. The number of aliphatic hydroxyl groups excluding tert-OH is 1. The Balaban J connectivity index is 1.54. The van der Waals surface area contributed by atoms with Crippen molar-refractivity contribution < 1.29 is 9.90 Å². The van der Waals surface area contributed by atoms with Crippen molar-refractivity contribution in [2.24, 2.45) is 34.5 Å². The summed E-state index contributed by atoms with van der Waals surface area (Å²) >= 11 is 6.12. The van der Waals surface area contributed by atoms with E-state index in [-0.39, 0.29) is 28.9 Å². The number of carbonyl (C=O) groups is 1. The third kappa shape index (κ3) is 2.92. The van der Waals surface area contributed by atoms with Crippen LogP contribution in [0.4, 0.5) is 0 Å². The quantitative estimate of drug-likeness (QED) is 0.712. The van der Waals surface area contributed by atoms with Crippen molar-refractivity contribution in [1.82, 2.24) is 4.90 Å². The zero-order chi connectivity index (χ0) is 21.3. The van der Waals surface area contributed by atoms with Gasteiger partial charge in [-0.15, -0.1) is 0 Å². The molecule has 0 aromatic heterocycles. The lowest BCUT2D eigenvalue weighted by Crippen LogP contribution is -2.63. The van der Waals surface area contributed by atoms with Crippen LogP contribution in [0.2, 0.25) is 5.02 Å². The van der Waals surface area contributed by atoms with Gasteiger partial charge in [-0.2, -0.15) is 0 Å². The Kier molecular flexibility index (Phi) is 4.87. The summed E-state index contributed by atoms with van der Waals surface area (Å²) in [5.41, 5.74) is 1.36. The predicted octanol–water partition coefficient (Wildman–Crippen LogP) is 5.11. The maximum Gasteiger partial charge on any atom is 0.246 e. The SMILES string of the molecule is CN1C(=O)C=C[C@]2(C)[C@H]3CC[C@]4(C)[C@@H](O)CC[C@H]4[C@@H]3C[C@H](Cc3ccc(Cl)cc3)[C@@H]12. The van der Waals surface area contributed by atoms with E-state index in [0.29, 0.717) is 23.7 Å². The first kappa shape index (κ1) is 20.6. The van der Waals surface area contributed by atoms with E-state index in [0.717, 1.165) is 43.5 Å². The minimum Gasteiger partial charge on any atom is -0.393 e. The van der Waals surface area contributed by atoms with Gasteiger partial charge in [0.05, 0.1) is 6.10 Å². The molecule has 0 unspecified atom stereocenters. The molecule has 3 nitrogen and oxygen atoms in total. The molecule has 0 saturated heterocycles. The van der Waals surface area contributed by atoms with Crippen LogP contribution in [0.3, 0.4) is 0 Å². The molecule has 3 saturated carbocycles. The van der Waals surface area contributed by atoms with Gasteiger partial charge >= 0.3 is 0 Å². The van der Waals surface area contributed by atoms with Gasteiger partial charge < -0.3 is 10.0 Å². The summed E-state index contributed by atoms with van der Waals surface area (Å²) < 4.78 is 0. The highest BCUT2D eigenvalue weighted by atomic mass is 35.5. The standard InChI is InChI=1S/C26H34ClNO2/c1-25-12-10-21-19(20(25)8-9-22(25)29)15-17(14-16-4-6-18(27)7-5-16)24-26(21,2)13-11-23(30)28(24)3/h4-7,11,13,17,19-22,24,29H,8-10,12,14-15H2,1-3H3/t17-,19-,20-,21-,22-,24+,25-,26+/m0/s1. The van der Waals surface area contributed by atoms with Crippen LogP contribution in [0.15, 0.2) is 36.4 Å². The fourth-order valence-electron chi connectivity index (χ4n) is 8.15. The Morgan fingerprint density at radius 1 is 1.13 bits per heavy atom. The van der Waals surface area contributed by atoms with Crippen molar-refractivity contribution in [3.05, 3.63) is 47.0 Å². The van der Waals surface area contributed by atoms with Crippen LogP contribution in [-0.2, 0) is 11.2 Å². The van der Waals surface area contributed by atoms with Crippen molar-refractivity contribution in [3.8, 4) is 0 Å².